The molecule has 0 aliphatic heterocycles. The van der Waals surface area contributed by atoms with Gasteiger partial charge in [0.25, 0.3) is 10.0 Å². The van der Waals surface area contributed by atoms with Crippen LogP contribution in [0.2, 0.25) is 10.0 Å². The number of rotatable bonds is 4. The third-order valence-electron chi connectivity index (χ3n) is 4.41. The van der Waals surface area contributed by atoms with Crippen molar-refractivity contribution in [1.29, 1.82) is 0 Å². The van der Waals surface area contributed by atoms with Crippen molar-refractivity contribution in [3.63, 3.8) is 0 Å². The highest BCUT2D eigenvalue weighted by molar-refractivity contribution is 7.92. The molecule has 0 amide bonds. The number of nitrogens with one attached hydrogen (secondary N) is 1. The van der Waals surface area contributed by atoms with Crippen molar-refractivity contribution in [3.05, 3.63) is 83.0 Å². The number of hydrogen-bond acceptors (Lipinski definition) is 4. The van der Waals surface area contributed by atoms with Gasteiger partial charge in [0.15, 0.2) is 0 Å². The summed E-state index contributed by atoms with van der Waals surface area (Å²) >= 11 is 12.5. The van der Waals surface area contributed by atoms with E-state index in [0.29, 0.717) is 22.0 Å². The first-order chi connectivity index (χ1) is 13.8. The second-order valence-corrected chi connectivity index (χ2v) is 8.86. The number of sulfonamides is 1. The molecule has 3 N–H and O–H groups in total. The largest absolute Gasteiger partial charge is 0.399 e. The van der Waals surface area contributed by atoms with Gasteiger partial charge in [-0.2, -0.15) is 0 Å². The quantitative estimate of drug-likeness (QED) is 0.402. The van der Waals surface area contributed by atoms with Crippen LogP contribution in [0.15, 0.2) is 77.8 Å². The summed E-state index contributed by atoms with van der Waals surface area (Å²) < 4.78 is 28.4. The number of fused-ring (bicyclic) bond motifs is 1. The average Bonchev–Trinajstić information content (AvgIpc) is 2.70. The zero-order chi connectivity index (χ0) is 20.6. The number of benzene rings is 3. The summed E-state index contributed by atoms with van der Waals surface area (Å²) in [6.07, 6.45) is 1.67. The molecule has 0 saturated heterocycles. The second kappa shape index (κ2) is 7.55. The lowest BCUT2D eigenvalue weighted by molar-refractivity contribution is 0.601. The van der Waals surface area contributed by atoms with Gasteiger partial charge >= 0.3 is 0 Å². The standard InChI is InChI=1S/C21H15Cl2N3O2S/c22-18-7-6-15(29(27,28)26-20-8-5-14(24)11-19(20)23)12-17(18)21-16-4-2-1-3-13(16)9-10-25-21/h1-12,26H,24H2. The minimum absolute atomic E-state index is 0.0412. The highest BCUT2D eigenvalue weighted by Gasteiger charge is 2.19. The van der Waals surface area contributed by atoms with Gasteiger partial charge in [-0.25, -0.2) is 8.42 Å². The van der Waals surface area contributed by atoms with E-state index in [1.54, 1.807) is 18.3 Å². The molecule has 0 aliphatic rings. The fourth-order valence-electron chi connectivity index (χ4n) is 3.01. The summed E-state index contributed by atoms with van der Waals surface area (Å²) in [5, 5.41) is 2.46. The summed E-state index contributed by atoms with van der Waals surface area (Å²) in [7, 11) is -3.91. The summed E-state index contributed by atoms with van der Waals surface area (Å²) in [5.74, 6) is 0. The van der Waals surface area contributed by atoms with Gasteiger partial charge in [0.05, 0.1) is 26.3 Å². The Morgan fingerprint density at radius 2 is 1.69 bits per heavy atom. The van der Waals surface area contributed by atoms with Crippen molar-refractivity contribution >= 4 is 55.4 Å². The molecule has 0 unspecified atom stereocenters. The van der Waals surface area contributed by atoms with Crippen molar-refractivity contribution in [2.45, 2.75) is 4.90 Å². The van der Waals surface area contributed by atoms with Gasteiger partial charge in [0.2, 0.25) is 0 Å². The predicted octanol–water partition coefficient (Wildman–Crippen LogP) is 5.59. The molecule has 0 bridgehead atoms. The fourth-order valence-corrected chi connectivity index (χ4v) is 4.61. The number of anilines is 2. The highest BCUT2D eigenvalue weighted by Crippen LogP contribution is 2.34. The Balaban J connectivity index is 1.80. The van der Waals surface area contributed by atoms with Crippen LogP contribution in [0.3, 0.4) is 0 Å². The molecule has 0 atom stereocenters. The molecule has 0 aliphatic carbocycles. The van der Waals surface area contributed by atoms with Gasteiger partial charge in [-0.3, -0.25) is 9.71 Å². The number of nitrogen functional groups attached to an aromatic ring is 1. The lowest BCUT2D eigenvalue weighted by Gasteiger charge is -2.13. The zero-order valence-electron chi connectivity index (χ0n) is 14.9. The monoisotopic (exact) mass is 443 g/mol. The van der Waals surface area contributed by atoms with Crippen LogP contribution in [0.4, 0.5) is 11.4 Å². The van der Waals surface area contributed by atoms with Gasteiger partial charge in [-0.15, -0.1) is 0 Å². The molecule has 29 heavy (non-hydrogen) atoms. The maximum atomic E-state index is 12.9. The molecule has 4 aromatic rings. The van der Waals surface area contributed by atoms with E-state index in [9.17, 15) is 8.42 Å². The Hall–Kier alpha value is -2.80. The normalized spacial score (nSPS) is 11.5. The summed E-state index contributed by atoms with van der Waals surface area (Å²) in [6, 6.07) is 18.6. The molecule has 5 nitrogen and oxygen atoms in total. The summed E-state index contributed by atoms with van der Waals surface area (Å²) in [6.45, 7) is 0. The van der Waals surface area contributed by atoms with E-state index >= 15 is 0 Å². The van der Waals surface area contributed by atoms with Crippen LogP contribution in [0, 0.1) is 0 Å². The number of aromatic nitrogens is 1. The first-order valence-electron chi connectivity index (χ1n) is 8.57. The van der Waals surface area contributed by atoms with Crippen molar-refractivity contribution in [3.8, 4) is 11.3 Å². The van der Waals surface area contributed by atoms with Crippen LogP contribution in [-0.4, -0.2) is 13.4 Å². The molecule has 0 spiro atoms. The van der Waals surface area contributed by atoms with Gasteiger partial charge in [-0.1, -0.05) is 47.5 Å². The van der Waals surface area contributed by atoms with Gasteiger partial charge in [-0.05, 0) is 47.9 Å². The number of halogens is 2. The van der Waals surface area contributed by atoms with Crippen LogP contribution in [0.5, 0.6) is 0 Å². The van der Waals surface area contributed by atoms with E-state index in [2.05, 4.69) is 9.71 Å². The second-order valence-electron chi connectivity index (χ2n) is 6.37. The minimum atomic E-state index is -3.91. The van der Waals surface area contributed by atoms with Crippen molar-refractivity contribution in [2.24, 2.45) is 0 Å². The topological polar surface area (TPSA) is 85.1 Å². The molecule has 4 rings (SSSR count). The number of pyridine rings is 1. The van der Waals surface area contributed by atoms with Crippen LogP contribution in [0.25, 0.3) is 22.0 Å². The number of hydrogen-bond donors (Lipinski definition) is 2. The van der Waals surface area contributed by atoms with Crippen LogP contribution in [0.1, 0.15) is 0 Å². The maximum absolute atomic E-state index is 12.9. The van der Waals surface area contributed by atoms with Gasteiger partial charge in [0.1, 0.15) is 0 Å². The molecule has 8 heteroatoms. The Kier molecular flexibility index (Phi) is 5.08. The van der Waals surface area contributed by atoms with E-state index in [1.807, 2.05) is 30.3 Å². The fraction of sp³-hybridized carbons (Fsp3) is 0. The Morgan fingerprint density at radius 3 is 2.48 bits per heavy atom. The summed E-state index contributed by atoms with van der Waals surface area (Å²) in [5.41, 5.74) is 7.47. The lowest BCUT2D eigenvalue weighted by atomic mass is 10.0. The van der Waals surface area contributed by atoms with Crippen molar-refractivity contribution in [2.75, 3.05) is 10.5 Å². The zero-order valence-corrected chi connectivity index (χ0v) is 17.3. The number of nitrogens with zero attached hydrogens (tertiary/aromatic N) is 1. The molecule has 0 saturated carbocycles. The first-order valence-corrected chi connectivity index (χ1v) is 10.8. The van der Waals surface area contributed by atoms with Gasteiger partial charge < -0.3 is 5.73 Å². The van der Waals surface area contributed by atoms with E-state index in [-0.39, 0.29) is 15.6 Å². The molecule has 1 heterocycles. The van der Waals surface area contributed by atoms with Crippen molar-refractivity contribution < 1.29 is 8.42 Å². The van der Waals surface area contributed by atoms with E-state index in [1.165, 1.54) is 24.3 Å². The predicted molar refractivity (Wildman–Crippen MR) is 119 cm³/mol. The first kappa shape index (κ1) is 19.5. The van der Waals surface area contributed by atoms with E-state index in [0.717, 1.165) is 10.8 Å². The van der Waals surface area contributed by atoms with E-state index in [4.69, 9.17) is 28.9 Å². The molecule has 0 radical (unpaired) electrons. The Labute approximate surface area is 178 Å². The number of nitrogens with two attached hydrogens (primary N) is 1. The van der Waals surface area contributed by atoms with Crippen molar-refractivity contribution in [1.82, 2.24) is 4.98 Å². The molecule has 0 fully saturated rings. The van der Waals surface area contributed by atoms with Crippen LogP contribution < -0.4 is 10.5 Å². The Morgan fingerprint density at radius 1 is 0.897 bits per heavy atom. The molecular weight excluding hydrogens is 429 g/mol. The molecule has 3 aromatic carbocycles. The molecule has 1 aromatic heterocycles. The van der Waals surface area contributed by atoms with E-state index < -0.39 is 10.0 Å². The smallest absolute Gasteiger partial charge is 0.261 e. The lowest BCUT2D eigenvalue weighted by Crippen LogP contribution is -2.13. The SMILES string of the molecule is Nc1ccc(NS(=O)(=O)c2ccc(Cl)c(-c3nccc4ccccc34)c2)c(Cl)c1. The summed E-state index contributed by atoms with van der Waals surface area (Å²) in [4.78, 5) is 4.48. The average molecular weight is 444 g/mol. The highest BCUT2D eigenvalue weighted by atomic mass is 35.5. The molecular formula is C21H15Cl2N3O2S. The Bertz CT molecular complexity index is 1340. The third-order valence-corrected chi connectivity index (χ3v) is 6.42. The van der Waals surface area contributed by atoms with Gasteiger partial charge in [0, 0.05) is 22.8 Å². The third kappa shape index (κ3) is 3.87. The minimum Gasteiger partial charge on any atom is -0.399 e. The molecule has 146 valence electrons. The van der Waals surface area contributed by atoms with Crippen LogP contribution in [-0.2, 0) is 10.0 Å². The van der Waals surface area contributed by atoms with Crippen LogP contribution >= 0.6 is 23.2 Å². The maximum Gasteiger partial charge on any atom is 0.261 e.